The Hall–Kier alpha value is -3.52. The Labute approximate surface area is 267 Å². The molecule has 2 saturated heterocycles. The van der Waals surface area contributed by atoms with Crippen LogP contribution in [0.4, 0.5) is 11.5 Å². The van der Waals surface area contributed by atoms with E-state index in [-0.39, 0.29) is 18.2 Å². The van der Waals surface area contributed by atoms with Gasteiger partial charge in [0, 0.05) is 42.3 Å². The Morgan fingerprint density at radius 2 is 1.73 bits per heavy atom. The van der Waals surface area contributed by atoms with Gasteiger partial charge in [0.05, 0.1) is 36.4 Å². The summed E-state index contributed by atoms with van der Waals surface area (Å²) >= 11 is 0. The summed E-state index contributed by atoms with van der Waals surface area (Å²) in [7, 11) is 2.18. The van der Waals surface area contributed by atoms with Crippen molar-refractivity contribution in [3.63, 3.8) is 0 Å². The highest BCUT2D eigenvalue weighted by atomic mass is 16.5. The zero-order valence-electron chi connectivity index (χ0n) is 26.9. The second-order valence-electron chi connectivity index (χ2n) is 13.5. The number of fused-ring (bicyclic) bond motifs is 2. The number of aliphatic imine (C=N–C) groups is 2. The first-order valence-corrected chi connectivity index (χ1v) is 17.1. The molecule has 0 bridgehead atoms. The Morgan fingerprint density at radius 3 is 2.53 bits per heavy atom. The van der Waals surface area contributed by atoms with Crippen LogP contribution in [0.15, 0.2) is 46.4 Å². The molecule has 4 aliphatic rings. The summed E-state index contributed by atoms with van der Waals surface area (Å²) in [6.07, 6.45) is 8.74. The summed E-state index contributed by atoms with van der Waals surface area (Å²) in [6, 6.07) is 17.2. The molecule has 9 heteroatoms. The van der Waals surface area contributed by atoms with Crippen LogP contribution in [-0.4, -0.2) is 90.0 Å². The number of rotatable bonds is 7. The first kappa shape index (κ1) is 30.2. The predicted octanol–water partition coefficient (Wildman–Crippen LogP) is 5.42. The third-order valence-corrected chi connectivity index (χ3v) is 10.5. The molecule has 3 aromatic rings. The van der Waals surface area contributed by atoms with Gasteiger partial charge in [-0.05, 0) is 82.5 Å². The van der Waals surface area contributed by atoms with Crippen LogP contribution in [0.3, 0.4) is 0 Å². The Kier molecular flexibility index (Phi) is 9.01. The molecule has 2 aromatic carbocycles. The summed E-state index contributed by atoms with van der Waals surface area (Å²) in [4.78, 5) is 26.6. The van der Waals surface area contributed by atoms with E-state index in [4.69, 9.17) is 14.7 Å². The fourth-order valence-corrected chi connectivity index (χ4v) is 7.69. The lowest BCUT2D eigenvalue weighted by molar-refractivity contribution is 0.110. The summed E-state index contributed by atoms with van der Waals surface area (Å²) < 4.78 is 6.36. The van der Waals surface area contributed by atoms with Gasteiger partial charge < -0.3 is 24.5 Å². The number of hydrogen-bond acceptors (Lipinski definition) is 9. The van der Waals surface area contributed by atoms with Gasteiger partial charge in [-0.25, -0.2) is 9.98 Å². The second kappa shape index (κ2) is 13.5. The predicted molar refractivity (Wildman–Crippen MR) is 180 cm³/mol. The van der Waals surface area contributed by atoms with Gasteiger partial charge in [-0.2, -0.15) is 9.97 Å². The average Bonchev–Trinajstić information content (AvgIpc) is 3.48. The third-order valence-electron chi connectivity index (χ3n) is 10.5. The molecule has 7 rings (SSSR count). The molecule has 238 valence electrons. The zero-order valence-corrected chi connectivity index (χ0v) is 26.9. The Bertz CT molecular complexity index is 1560. The molecule has 0 amide bonds. The van der Waals surface area contributed by atoms with Gasteiger partial charge in [0.15, 0.2) is 0 Å². The number of aliphatic hydroxyl groups is 1. The summed E-state index contributed by atoms with van der Waals surface area (Å²) in [5.74, 6) is 1.03. The number of aliphatic hydroxyl groups excluding tert-OH is 1. The molecule has 0 spiro atoms. The number of nitrogens with zero attached hydrogens (tertiary/aromatic N) is 7. The number of anilines is 2. The van der Waals surface area contributed by atoms with Gasteiger partial charge in [-0.1, -0.05) is 43.2 Å². The largest absolute Gasteiger partial charge is 0.462 e. The molecule has 1 N–H and O–H groups in total. The molecule has 45 heavy (non-hydrogen) atoms. The van der Waals surface area contributed by atoms with Crippen LogP contribution in [0.5, 0.6) is 6.01 Å². The van der Waals surface area contributed by atoms with Gasteiger partial charge in [0.2, 0.25) is 0 Å². The molecule has 1 saturated carbocycles. The van der Waals surface area contributed by atoms with Gasteiger partial charge >= 0.3 is 6.01 Å². The Balaban J connectivity index is 1.12. The van der Waals surface area contributed by atoms with E-state index in [0.717, 1.165) is 95.6 Å². The van der Waals surface area contributed by atoms with Gasteiger partial charge in [-0.15, -0.1) is 0 Å². The Morgan fingerprint density at radius 1 is 0.911 bits per heavy atom. The van der Waals surface area contributed by atoms with Gasteiger partial charge in [0.25, 0.3) is 0 Å². The number of aromatic nitrogens is 2. The maximum absolute atomic E-state index is 10.2. The van der Waals surface area contributed by atoms with Crippen LogP contribution in [0, 0.1) is 6.92 Å². The second-order valence-corrected chi connectivity index (χ2v) is 13.5. The monoisotopic (exact) mass is 609 g/mol. The number of benzene rings is 2. The smallest absolute Gasteiger partial charge is 0.318 e. The van der Waals surface area contributed by atoms with Crippen LogP contribution in [0.2, 0.25) is 0 Å². The van der Waals surface area contributed by atoms with E-state index in [1.807, 2.05) is 0 Å². The van der Waals surface area contributed by atoms with E-state index in [0.29, 0.717) is 18.7 Å². The lowest BCUT2D eigenvalue weighted by Gasteiger charge is -2.36. The van der Waals surface area contributed by atoms with Crippen LogP contribution in [0.1, 0.15) is 68.2 Å². The topological polar surface area (TPSA) is 89.7 Å². The van der Waals surface area contributed by atoms with Crippen molar-refractivity contribution in [2.24, 2.45) is 9.98 Å². The van der Waals surface area contributed by atoms with E-state index in [9.17, 15) is 5.11 Å². The van der Waals surface area contributed by atoms with Crippen LogP contribution in [-0.2, 0) is 13.0 Å². The van der Waals surface area contributed by atoms with Crippen molar-refractivity contribution >= 4 is 28.3 Å². The number of aryl methyl sites for hydroxylation is 1. The van der Waals surface area contributed by atoms with Crippen molar-refractivity contribution in [1.82, 2.24) is 14.9 Å². The molecule has 4 heterocycles. The third kappa shape index (κ3) is 6.57. The SMILES string of the molecule is Cc1cccc2cccc(N3CCc4c(nc(OC[C@@H]5CCCN5C)nc4N4CCC(N=C=N[C@H]5CCCC[C@H]5O)CC4)C3)c12. The quantitative estimate of drug-likeness (QED) is 0.358. The van der Waals surface area contributed by atoms with E-state index < -0.39 is 0 Å². The molecular weight excluding hydrogens is 562 g/mol. The normalized spacial score (nSPS) is 24.4. The lowest BCUT2D eigenvalue weighted by Crippen LogP contribution is -2.39. The molecule has 9 nitrogen and oxygen atoms in total. The minimum Gasteiger partial charge on any atom is -0.462 e. The van der Waals surface area contributed by atoms with Crippen LogP contribution >= 0.6 is 0 Å². The highest BCUT2D eigenvalue weighted by molar-refractivity contribution is 5.97. The fourth-order valence-electron chi connectivity index (χ4n) is 7.69. The highest BCUT2D eigenvalue weighted by Crippen LogP contribution is 2.36. The zero-order chi connectivity index (χ0) is 30.8. The maximum atomic E-state index is 10.2. The minimum atomic E-state index is -0.349. The number of hydrogen-bond donors (Lipinski definition) is 1. The van der Waals surface area contributed by atoms with E-state index in [2.05, 4.69) is 81.1 Å². The summed E-state index contributed by atoms with van der Waals surface area (Å²) in [5.41, 5.74) is 4.90. The van der Waals surface area contributed by atoms with Crippen molar-refractivity contribution in [2.45, 2.75) is 95.5 Å². The molecule has 0 unspecified atom stereocenters. The van der Waals surface area contributed by atoms with Gasteiger partial charge in [-0.3, -0.25) is 0 Å². The first-order valence-electron chi connectivity index (χ1n) is 17.1. The van der Waals surface area contributed by atoms with Crippen molar-refractivity contribution in [1.29, 1.82) is 0 Å². The van der Waals surface area contributed by atoms with Crippen LogP contribution < -0.4 is 14.5 Å². The standard InChI is InChI=1S/C36H47N7O2/c1-25-8-5-9-26-10-6-13-32(34(25)26)43-21-17-29-31(22-43)39-36(45-23-28-11-7-18-41(28)2)40-35(29)42-19-15-27(16-20-42)37-24-38-30-12-3-4-14-33(30)44/h5-6,8-10,13,27-28,30,33,44H,3-4,7,11-12,14-23H2,1-2H3/t28-,30-,33+/m0/s1. The highest BCUT2D eigenvalue weighted by Gasteiger charge is 2.30. The van der Waals surface area contributed by atoms with E-state index >= 15 is 0 Å². The molecule has 1 aliphatic carbocycles. The van der Waals surface area contributed by atoms with E-state index in [1.165, 1.54) is 34.0 Å². The summed E-state index contributed by atoms with van der Waals surface area (Å²) in [6.45, 7) is 7.36. The molecule has 3 aliphatic heterocycles. The molecular formula is C36H47N7O2. The van der Waals surface area contributed by atoms with Crippen LogP contribution in [0.25, 0.3) is 10.8 Å². The number of likely N-dealkylation sites (tertiary alicyclic amines) is 1. The number of piperidine rings is 1. The van der Waals surface area contributed by atoms with Crippen molar-refractivity contribution in [2.75, 3.05) is 49.6 Å². The fraction of sp³-hybridized carbons (Fsp3) is 0.583. The van der Waals surface area contributed by atoms with Crippen molar-refractivity contribution < 1.29 is 9.84 Å². The summed E-state index contributed by atoms with van der Waals surface area (Å²) in [5, 5.41) is 12.8. The number of likely N-dealkylation sites (N-methyl/N-ethyl adjacent to an activating group) is 1. The maximum Gasteiger partial charge on any atom is 0.318 e. The molecule has 0 radical (unpaired) electrons. The molecule has 3 fully saturated rings. The average molecular weight is 610 g/mol. The van der Waals surface area contributed by atoms with Crippen molar-refractivity contribution in [3.05, 3.63) is 53.2 Å². The minimum absolute atomic E-state index is 0.0464. The van der Waals surface area contributed by atoms with Crippen molar-refractivity contribution in [3.8, 4) is 6.01 Å². The first-order chi connectivity index (χ1) is 22.0. The van der Waals surface area contributed by atoms with E-state index in [1.54, 1.807) is 0 Å². The number of ether oxygens (including phenoxy) is 1. The van der Waals surface area contributed by atoms with Gasteiger partial charge in [0.1, 0.15) is 12.4 Å². The molecule has 1 aromatic heterocycles. The lowest BCUT2D eigenvalue weighted by atomic mass is 9.93. The molecule has 3 atom stereocenters.